The van der Waals surface area contributed by atoms with Crippen LogP contribution in [-0.4, -0.2) is 65.0 Å². The van der Waals surface area contributed by atoms with E-state index in [1.165, 1.54) is 11.3 Å². The molecule has 0 spiro atoms. The molecule has 0 bridgehead atoms. The van der Waals surface area contributed by atoms with E-state index in [9.17, 15) is 0 Å². The van der Waals surface area contributed by atoms with Crippen LogP contribution in [0.5, 0.6) is 0 Å². The summed E-state index contributed by atoms with van der Waals surface area (Å²) >= 11 is 0. The fourth-order valence-electron chi connectivity index (χ4n) is 4.01. The molecule has 1 aromatic carbocycles. The van der Waals surface area contributed by atoms with Gasteiger partial charge in [-0.1, -0.05) is 18.2 Å². The van der Waals surface area contributed by atoms with Crippen molar-refractivity contribution < 1.29 is 4.74 Å². The molecule has 1 aromatic heterocycles. The van der Waals surface area contributed by atoms with Gasteiger partial charge in [-0.3, -0.25) is 9.80 Å². The minimum absolute atomic E-state index is 0.355. The molecule has 0 unspecified atom stereocenters. The van der Waals surface area contributed by atoms with Crippen molar-refractivity contribution in [2.45, 2.75) is 32.5 Å². The van der Waals surface area contributed by atoms with E-state index in [1.54, 1.807) is 0 Å². The van der Waals surface area contributed by atoms with Gasteiger partial charge in [-0.05, 0) is 33.0 Å². The minimum Gasteiger partial charge on any atom is -0.374 e. The standard InChI is InChI=1S/C19H26N4O/c1-14-17(15(2)23(20-14)16-7-5-4-6-8-16)11-22-12-18-19(13-22)24-10-9-21(18)3/h4-8,18-19H,9-13H2,1-3H3/t18-,19+/m0/s1. The summed E-state index contributed by atoms with van der Waals surface area (Å²) in [5.74, 6) is 0. The van der Waals surface area contributed by atoms with Crippen molar-refractivity contribution in [1.82, 2.24) is 19.6 Å². The SMILES string of the molecule is Cc1nn(-c2ccccc2)c(C)c1CN1C[C@H]2OCCN(C)[C@H]2C1. The predicted octanol–water partition coefficient (Wildman–Crippen LogP) is 2.00. The van der Waals surface area contributed by atoms with Crippen LogP contribution in [0.15, 0.2) is 30.3 Å². The summed E-state index contributed by atoms with van der Waals surface area (Å²) in [6.45, 7) is 9.24. The monoisotopic (exact) mass is 326 g/mol. The van der Waals surface area contributed by atoms with Crippen LogP contribution in [0.3, 0.4) is 0 Å². The van der Waals surface area contributed by atoms with Crippen molar-refractivity contribution >= 4 is 0 Å². The topological polar surface area (TPSA) is 33.5 Å². The van der Waals surface area contributed by atoms with Gasteiger partial charge in [0.15, 0.2) is 0 Å². The van der Waals surface area contributed by atoms with Gasteiger partial charge in [0.1, 0.15) is 0 Å². The minimum atomic E-state index is 0.355. The number of ether oxygens (including phenoxy) is 1. The third-order valence-electron chi connectivity index (χ3n) is 5.48. The molecule has 4 rings (SSSR count). The summed E-state index contributed by atoms with van der Waals surface area (Å²) < 4.78 is 8.04. The average molecular weight is 326 g/mol. The number of benzene rings is 1. The summed E-state index contributed by atoms with van der Waals surface area (Å²) in [5.41, 5.74) is 4.84. The van der Waals surface area contributed by atoms with Crippen LogP contribution < -0.4 is 0 Å². The Morgan fingerprint density at radius 3 is 2.71 bits per heavy atom. The van der Waals surface area contributed by atoms with Crippen LogP contribution in [0.1, 0.15) is 17.0 Å². The molecule has 2 aromatic rings. The molecule has 0 saturated carbocycles. The number of hydrogen-bond acceptors (Lipinski definition) is 4. The quantitative estimate of drug-likeness (QED) is 0.864. The fourth-order valence-corrected chi connectivity index (χ4v) is 4.01. The normalized spacial score (nSPS) is 25.1. The van der Waals surface area contributed by atoms with Crippen molar-refractivity contribution in [1.29, 1.82) is 0 Å². The van der Waals surface area contributed by atoms with Gasteiger partial charge < -0.3 is 4.74 Å². The highest BCUT2D eigenvalue weighted by Gasteiger charge is 2.38. The van der Waals surface area contributed by atoms with E-state index < -0.39 is 0 Å². The molecular weight excluding hydrogens is 300 g/mol. The van der Waals surface area contributed by atoms with Crippen LogP contribution in [0.25, 0.3) is 5.69 Å². The Kier molecular flexibility index (Phi) is 4.16. The maximum Gasteiger partial charge on any atom is 0.0869 e. The number of hydrogen-bond donors (Lipinski definition) is 0. The van der Waals surface area contributed by atoms with Gasteiger partial charge in [0, 0.05) is 43.5 Å². The lowest BCUT2D eigenvalue weighted by Gasteiger charge is -2.33. The number of aromatic nitrogens is 2. The molecule has 2 atom stereocenters. The molecule has 5 nitrogen and oxygen atoms in total. The van der Waals surface area contributed by atoms with Crippen LogP contribution in [-0.2, 0) is 11.3 Å². The molecule has 5 heteroatoms. The number of morpholine rings is 1. The Balaban J connectivity index is 1.54. The number of rotatable bonds is 3. The molecule has 2 aliphatic heterocycles. The van der Waals surface area contributed by atoms with Crippen molar-refractivity contribution in [3.8, 4) is 5.69 Å². The first-order chi connectivity index (χ1) is 11.6. The van der Waals surface area contributed by atoms with Crippen molar-refractivity contribution in [2.75, 3.05) is 33.3 Å². The maximum atomic E-state index is 5.97. The van der Waals surface area contributed by atoms with E-state index in [-0.39, 0.29) is 0 Å². The molecule has 0 aliphatic carbocycles. The lowest BCUT2D eigenvalue weighted by molar-refractivity contribution is -0.0370. The van der Waals surface area contributed by atoms with E-state index in [1.807, 2.05) is 6.07 Å². The summed E-state index contributed by atoms with van der Waals surface area (Å²) in [6, 6.07) is 10.9. The second-order valence-electron chi connectivity index (χ2n) is 7.05. The summed E-state index contributed by atoms with van der Waals surface area (Å²) in [7, 11) is 2.22. The largest absolute Gasteiger partial charge is 0.374 e. The molecule has 0 amide bonds. The Labute approximate surface area is 143 Å². The number of nitrogens with zero attached hydrogens (tertiary/aromatic N) is 4. The number of likely N-dealkylation sites (tertiary alicyclic amines) is 1. The zero-order chi connectivity index (χ0) is 16.7. The smallest absolute Gasteiger partial charge is 0.0869 e. The second-order valence-corrected chi connectivity index (χ2v) is 7.05. The summed E-state index contributed by atoms with van der Waals surface area (Å²) in [5, 5.41) is 4.78. The number of fused-ring (bicyclic) bond motifs is 1. The van der Waals surface area contributed by atoms with Crippen molar-refractivity contribution in [3.63, 3.8) is 0 Å². The molecule has 2 saturated heterocycles. The van der Waals surface area contributed by atoms with E-state index in [2.05, 4.69) is 59.6 Å². The highest BCUT2D eigenvalue weighted by atomic mass is 16.5. The van der Waals surface area contributed by atoms with Gasteiger partial charge in [0.25, 0.3) is 0 Å². The van der Waals surface area contributed by atoms with Crippen LogP contribution in [0.4, 0.5) is 0 Å². The lowest BCUT2D eigenvalue weighted by atomic mass is 10.1. The maximum absolute atomic E-state index is 5.97. The van der Waals surface area contributed by atoms with Gasteiger partial charge in [-0.2, -0.15) is 5.10 Å². The van der Waals surface area contributed by atoms with Crippen LogP contribution >= 0.6 is 0 Å². The zero-order valence-corrected chi connectivity index (χ0v) is 14.8. The van der Waals surface area contributed by atoms with Crippen LogP contribution in [0.2, 0.25) is 0 Å². The highest BCUT2D eigenvalue weighted by Crippen LogP contribution is 2.25. The van der Waals surface area contributed by atoms with E-state index >= 15 is 0 Å². The predicted molar refractivity (Wildman–Crippen MR) is 94.5 cm³/mol. The first kappa shape index (κ1) is 15.8. The highest BCUT2D eigenvalue weighted by molar-refractivity contribution is 5.37. The molecular formula is C19H26N4O. The Bertz CT molecular complexity index is 712. The van der Waals surface area contributed by atoms with Crippen molar-refractivity contribution in [2.24, 2.45) is 0 Å². The zero-order valence-electron chi connectivity index (χ0n) is 14.8. The molecule has 128 valence electrons. The van der Waals surface area contributed by atoms with Gasteiger partial charge in [-0.25, -0.2) is 4.68 Å². The fraction of sp³-hybridized carbons (Fsp3) is 0.526. The van der Waals surface area contributed by atoms with Gasteiger partial charge >= 0.3 is 0 Å². The molecule has 0 N–H and O–H groups in total. The number of aryl methyl sites for hydroxylation is 1. The van der Waals surface area contributed by atoms with Gasteiger partial charge in [0.2, 0.25) is 0 Å². The Morgan fingerprint density at radius 1 is 1.17 bits per heavy atom. The van der Waals surface area contributed by atoms with Gasteiger partial charge in [-0.15, -0.1) is 0 Å². The first-order valence-electron chi connectivity index (χ1n) is 8.78. The average Bonchev–Trinajstić information content (AvgIpc) is 3.13. The molecule has 3 heterocycles. The lowest BCUT2D eigenvalue weighted by Crippen LogP contribution is -2.48. The van der Waals surface area contributed by atoms with Crippen LogP contribution in [0, 0.1) is 13.8 Å². The van der Waals surface area contributed by atoms with E-state index in [4.69, 9.17) is 9.84 Å². The molecule has 2 fully saturated rings. The third-order valence-corrected chi connectivity index (χ3v) is 5.48. The third kappa shape index (κ3) is 2.77. The van der Waals surface area contributed by atoms with Crippen molar-refractivity contribution in [3.05, 3.63) is 47.3 Å². The Morgan fingerprint density at radius 2 is 1.96 bits per heavy atom. The van der Waals surface area contributed by atoms with Gasteiger partial charge in [0.05, 0.1) is 24.1 Å². The summed E-state index contributed by atoms with van der Waals surface area (Å²) in [4.78, 5) is 4.96. The molecule has 24 heavy (non-hydrogen) atoms. The number of para-hydroxylation sites is 1. The van der Waals surface area contributed by atoms with E-state index in [0.29, 0.717) is 12.1 Å². The second kappa shape index (κ2) is 6.31. The Hall–Kier alpha value is -1.69. The van der Waals surface area contributed by atoms with E-state index in [0.717, 1.165) is 44.2 Å². The molecule has 0 radical (unpaired) electrons. The first-order valence-corrected chi connectivity index (χ1v) is 8.78. The number of likely N-dealkylation sites (N-methyl/N-ethyl adjacent to an activating group) is 1. The summed E-state index contributed by atoms with van der Waals surface area (Å²) in [6.07, 6.45) is 0.355. The molecule has 2 aliphatic rings.